The Morgan fingerprint density at radius 1 is 1.18 bits per heavy atom. The Morgan fingerprint density at radius 3 is 2.71 bits per heavy atom. The van der Waals surface area contributed by atoms with Gasteiger partial charge in [0.25, 0.3) is 0 Å². The molecule has 2 heteroatoms. The molecule has 1 atom stereocenters. The van der Waals surface area contributed by atoms with Crippen molar-refractivity contribution in [2.45, 2.75) is 25.8 Å². The summed E-state index contributed by atoms with van der Waals surface area (Å²) in [7, 11) is 0. The quantitative estimate of drug-likeness (QED) is 0.758. The third kappa shape index (κ3) is 3.99. The molecule has 17 heavy (non-hydrogen) atoms. The molecule has 0 amide bonds. The van der Waals surface area contributed by atoms with Crippen LogP contribution in [0.25, 0.3) is 0 Å². The Kier molecular flexibility index (Phi) is 4.77. The maximum absolute atomic E-state index is 3.56. The third-order valence-corrected chi connectivity index (χ3v) is 3.68. The summed E-state index contributed by atoms with van der Waals surface area (Å²) in [5.74, 6) is 0. The Morgan fingerprint density at radius 2 is 2.00 bits per heavy atom. The summed E-state index contributed by atoms with van der Waals surface area (Å²) in [6.07, 6.45) is 2.35. The number of rotatable bonds is 6. The van der Waals surface area contributed by atoms with E-state index in [4.69, 9.17) is 0 Å². The summed E-state index contributed by atoms with van der Waals surface area (Å²) < 4.78 is 0. The van der Waals surface area contributed by atoms with Crippen LogP contribution in [0.5, 0.6) is 0 Å². The molecular formula is C15H19NS. The van der Waals surface area contributed by atoms with Crippen molar-refractivity contribution in [3.63, 3.8) is 0 Å². The highest BCUT2D eigenvalue weighted by atomic mass is 32.1. The van der Waals surface area contributed by atoms with Crippen LogP contribution >= 0.6 is 11.3 Å². The fourth-order valence-electron chi connectivity index (χ4n) is 1.89. The first-order valence-corrected chi connectivity index (χ1v) is 7.10. The molecule has 0 bridgehead atoms. The monoisotopic (exact) mass is 245 g/mol. The first-order valence-electron chi connectivity index (χ1n) is 6.15. The van der Waals surface area contributed by atoms with Gasteiger partial charge in [0.15, 0.2) is 0 Å². The lowest BCUT2D eigenvalue weighted by atomic mass is 10.1. The molecule has 0 aliphatic carbocycles. The van der Waals surface area contributed by atoms with E-state index in [2.05, 4.69) is 59.4 Å². The van der Waals surface area contributed by atoms with Crippen molar-refractivity contribution in [2.24, 2.45) is 0 Å². The van der Waals surface area contributed by atoms with E-state index in [1.807, 2.05) is 0 Å². The average Bonchev–Trinajstić information content (AvgIpc) is 2.89. The van der Waals surface area contributed by atoms with Gasteiger partial charge in [-0.1, -0.05) is 30.3 Å². The normalized spacial score (nSPS) is 12.5. The average molecular weight is 245 g/mol. The molecule has 1 unspecified atom stereocenters. The molecule has 0 fully saturated rings. The number of hydrogen-bond acceptors (Lipinski definition) is 2. The Bertz CT molecular complexity index is 408. The van der Waals surface area contributed by atoms with Gasteiger partial charge in [0, 0.05) is 6.04 Å². The van der Waals surface area contributed by atoms with E-state index < -0.39 is 0 Å². The van der Waals surface area contributed by atoms with Crippen molar-refractivity contribution < 1.29 is 0 Å². The summed E-state index contributed by atoms with van der Waals surface area (Å²) in [6, 6.07) is 13.3. The lowest BCUT2D eigenvalue weighted by molar-refractivity contribution is 0.559. The van der Waals surface area contributed by atoms with Gasteiger partial charge in [-0.05, 0) is 54.3 Å². The van der Waals surface area contributed by atoms with Gasteiger partial charge in [-0.25, -0.2) is 0 Å². The van der Waals surface area contributed by atoms with E-state index in [0.29, 0.717) is 6.04 Å². The Hall–Kier alpha value is -1.12. The maximum Gasteiger partial charge on any atom is 0.0300 e. The van der Waals surface area contributed by atoms with E-state index in [-0.39, 0.29) is 0 Å². The lowest BCUT2D eigenvalue weighted by Crippen LogP contribution is -2.19. The molecule has 0 saturated heterocycles. The first kappa shape index (κ1) is 12.3. The van der Waals surface area contributed by atoms with Crippen LogP contribution in [-0.2, 0) is 6.42 Å². The van der Waals surface area contributed by atoms with Crippen LogP contribution in [0.1, 0.15) is 30.5 Å². The summed E-state index contributed by atoms with van der Waals surface area (Å²) in [4.78, 5) is 0. The Balaban J connectivity index is 1.67. The van der Waals surface area contributed by atoms with Gasteiger partial charge in [0.1, 0.15) is 0 Å². The van der Waals surface area contributed by atoms with Gasteiger partial charge in [-0.15, -0.1) is 0 Å². The number of benzene rings is 1. The zero-order chi connectivity index (χ0) is 11.9. The molecule has 90 valence electrons. The van der Waals surface area contributed by atoms with Crippen LogP contribution in [0.15, 0.2) is 47.2 Å². The predicted molar refractivity (Wildman–Crippen MR) is 75.5 cm³/mol. The largest absolute Gasteiger partial charge is 0.310 e. The van der Waals surface area contributed by atoms with E-state index >= 15 is 0 Å². The molecule has 0 saturated carbocycles. The minimum atomic E-state index is 0.469. The van der Waals surface area contributed by atoms with E-state index in [9.17, 15) is 0 Å². The zero-order valence-corrected chi connectivity index (χ0v) is 11.0. The predicted octanol–water partition coefficient (Wildman–Crippen LogP) is 4.03. The fourth-order valence-corrected chi connectivity index (χ4v) is 2.65. The van der Waals surface area contributed by atoms with Crippen LogP contribution in [0.2, 0.25) is 0 Å². The van der Waals surface area contributed by atoms with Gasteiger partial charge < -0.3 is 5.32 Å². The second kappa shape index (κ2) is 6.58. The van der Waals surface area contributed by atoms with Crippen molar-refractivity contribution in [2.75, 3.05) is 6.54 Å². The summed E-state index contributed by atoms with van der Waals surface area (Å²) >= 11 is 1.76. The lowest BCUT2D eigenvalue weighted by Gasteiger charge is -2.12. The smallest absolute Gasteiger partial charge is 0.0300 e. The third-order valence-electron chi connectivity index (χ3n) is 2.98. The number of thiophene rings is 1. The van der Waals surface area contributed by atoms with Gasteiger partial charge in [0.05, 0.1) is 0 Å². The number of hydrogen-bond donors (Lipinski definition) is 1. The summed E-state index contributed by atoms with van der Waals surface area (Å²) in [6.45, 7) is 3.30. The van der Waals surface area contributed by atoms with E-state index in [0.717, 1.165) is 13.0 Å². The fraction of sp³-hybridized carbons (Fsp3) is 0.333. The molecule has 0 spiro atoms. The Labute approximate surface area is 108 Å². The van der Waals surface area contributed by atoms with Gasteiger partial charge in [0.2, 0.25) is 0 Å². The molecule has 1 aromatic heterocycles. The SMILES string of the molecule is CC(NCCCc1ccccc1)c1ccsc1. The van der Waals surface area contributed by atoms with Gasteiger partial charge >= 0.3 is 0 Å². The van der Waals surface area contributed by atoms with Crippen LogP contribution in [0.4, 0.5) is 0 Å². The summed E-state index contributed by atoms with van der Waals surface area (Å²) in [5.41, 5.74) is 2.83. The minimum Gasteiger partial charge on any atom is -0.310 e. The molecule has 1 heterocycles. The molecule has 0 radical (unpaired) electrons. The molecule has 0 aliphatic rings. The molecule has 1 aromatic carbocycles. The van der Waals surface area contributed by atoms with Crippen molar-refractivity contribution in [3.05, 3.63) is 58.3 Å². The van der Waals surface area contributed by atoms with Crippen LogP contribution in [-0.4, -0.2) is 6.54 Å². The first-order chi connectivity index (χ1) is 8.36. The molecule has 0 aliphatic heterocycles. The number of aryl methyl sites for hydroxylation is 1. The van der Waals surface area contributed by atoms with Crippen LogP contribution in [0.3, 0.4) is 0 Å². The maximum atomic E-state index is 3.56. The highest BCUT2D eigenvalue weighted by molar-refractivity contribution is 7.07. The zero-order valence-electron chi connectivity index (χ0n) is 10.2. The van der Waals surface area contributed by atoms with Crippen LogP contribution in [0, 0.1) is 0 Å². The second-order valence-corrected chi connectivity index (χ2v) is 5.10. The summed E-state index contributed by atoms with van der Waals surface area (Å²) in [5, 5.41) is 7.92. The molecule has 1 N–H and O–H groups in total. The molecule has 1 nitrogen and oxygen atoms in total. The van der Waals surface area contributed by atoms with E-state index in [1.165, 1.54) is 17.5 Å². The van der Waals surface area contributed by atoms with Crippen molar-refractivity contribution in [3.8, 4) is 0 Å². The van der Waals surface area contributed by atoms with Crippen molar-refractivity contribution in [1.82, 2.24) is 5.32 Å². The molecule has 2 aromatic rings. The van der Waals surface area contributed by atoms with Crippen molar-refractivity contribution in [1.29, 1.82) is 0 Å². The second-order valence-electron chi connectivity index (χ2n) is 4.32. The number of nitrogens with one attached hydrogen (secondary N) is 1. The minimum absolute atomic E-state index is 0.469. The van der Waals surface area contributed by atoms with Gasteiger partial charge in [-0.2, -0.15) is 11.3 Å². The topological polar surface area (TPSA) is 12.0 Å². The van der Waals surface area contributed by atoms with Gasteiger partial charge in [-0.3, -0.25) is 0 Å². The van der Waals surface area contributed by atoms with Crippen LogP contribution < -0.4 is 5.32 Å². The highest BCUT2D eigenvalue weighted by Crippen LogP contribution is 2.15. The standard InChI is InChI=1S/C15H19NS/c1-13(15-9-11-17-12-15)16-10-5-8-14-6-3-2-4-7-14/h2-4,6-7,9,11-13,16H,5,8,10H2,1H3. The molecule has 2 rings (SSSR count). The van der Waals surface area contributed by atoms with Crippen molar-refractivity contribution >= 4 is 11.3 Å². The highest BCUT2D eigenvalue weighted by Gasteiger charge is 2.03. The van der Waals surface area contributed by atoms with E-state index in [1.54, 1.807) is 11.3 Å². The molecular weight excluding hydrogens is 226 g/mol.